The molecule has 0 radical (unpaired) electrons. The van der Waals surface area contributed by atoms with Gasteiger partial charge in [-0.15, -0.1) is 0 Å². The average Bonchev–Trinajstić information content (AvgIpc) is 2.63. The Bertz CT molecular complexity index is 897. The molecular formula is C21H20ClFN2O. The highest BCUT2D eigenvalue weighted by Gasteiger charge is 2.20. The molecular weight excluding hydrogens is 351 g/mol. The molecule has 1 heterocycles. The van der Waals surface area contributed by atoms with Gasteiger partial charge in [-0.1, -0.05) is 35.9 Å². The van der Waals surface area contributed by atoms with Gasteiger partial charge in [0.2, 0.25) is 5.88 Å². The Morgan fingerprint density at radius 1 is 1.04 bits per heavy atom. The molecule has 0 spiro atoms. The van der Waals surface area contributed by atoms with Crippen molar-refractivity contribution >= 4 is 11.6 Å². The summed E-state index contributed by atoms with van der Waals surface area (Å²) in [5, 5.41) is 0.651. The number of pyridine rings is 1. The van der Waals surface area contributed by atoms with E-state index in [0.717, 1.165) is 22.3 Å². The molecule has 0 aliphatic carbocycles. The largest absolute Gasteiger partial charge is 0.481 e. The van der Waals surface area contributed by atoms with E-state index in [-0.39, 0.29) is 11.9 Å². The summed E-state index contributed by atoms with van der Waals surface area (Å²) in [6.07, 6.45) is 1.79. The molecule has 1 atom stereocenters. The van der Waals surface area contributed by atoms with Crippen LogP contribution in [-0.2, 0) is 0 Å². The van der Waals surface area contributed by atoms with E-state index in [9.17, 15) is 4.39 Å². The Balaban J connectivity index is 2.11. The molecule has 0 aliphatic rings. The minimum Gasteiger partial charge on any atom is -0.481 e. The van der Waals surface area contributed by atoms with E-state index in [1.807, 2.05) is 44.4 Å². The summed E-state index contributed by atoms with van der Waals surface area (Å²) >= 11 is 6.15. The van der Waals surface area contributed by atoms with Crippen molar-refractivity contribution in [2.24, 2.45) is 0 Å². The Morgan fingerprint density at radius 3 is 2.38 bits per heavy atom. The van der Waals surface area contributed by atoms with Gasteiger partial charge >= 0.3 is 0 Å². The summed E-state index contributed by atoms with van der Waals surface area (Å²) in [5.74, 6) is 0.284. The highest BCUT2D eigenvalue weighted by Crippen LogP contribution is 2.34. The fraction of sp³-hybridized carbons (Fsp3) is 0.190. The average molecular weight is 371 g/mol. The third kappa shape index (κ3) is 3.87. The van der Waals surface area contributed by atoms with Crippen molar-refractivity contribution in [3.05, 3.63) is 82.8 Å². The number of halogens is 2. The van der Waals surface area contributed by atoms with Gasteiger partial charge in [0.25, 0.3) is 0 Å². The Labute approximate surface area is 158 Å². The molecule has 1 unspecified atom stereocenters. The maximum absolute atomic E-state index is 13.3. The first-order valence-electron chi connectivity index (χ1n) is 8.21. The van der Waals surface area contributed by atoms with Gasteiger partial charge < -0.3 is 4.74 Å². The number of methoxy groups -OCH3 is 1. The molecule has 2 aromatic carbocycles. The first kappa shape index (κ1) is 18.4. The number of nitrogens with zero attached hydrogens (tertiary/aromatic N) is 2. The molecule has 0 N–H and O–H groups in total. The normalized spacial score (nSPS) is 12.2. The van der Waals surface area contributed by atoms with E-state index >= 15 is 0 Å². The highest BCUT2D eigenvalue weighted by atomic mass is 35.5. The molecule has 0 bridgehead atoms. The van der Waals surface area contributed by atoms with Gasteiger partial charge in [0.05, 0.1) is 13.2 Å². The molecule has 0 aliphatic heterocycles. The summed E-state index contributed by atoms with van der Waals surface area (Å²) in [6, 6.07) is 16.1. The monoisotopic (exact) mass is 370 g/mol. The van der Waals surface area contributed by atoms with E-state index in [4.69, 9.17) is 16.3 Å². The smallest absolute Gasteiger partial charge is 0.221 e. The van der Waals surface area contributed by atoms with Crippen LogP contribution in [0.2, 0.25) is 5.02 Å². The summed E-state index contributed by atoms with van der Waals surface area (Å²) in [4.78, 5) is 6.55. The number of hydrogen-bond acceptors (Lipinski definition) is 3. The van der Waals surface area contributed by atoms with Crippen LogP contribution in [0, 0.1) is 5.82 Å². The summed E-state index contributed by atoms with van der Waals surface area (Å²) in [7, 11) is 5.56. The van der Waals surface area contributed by atoms with Gasteiger partial charge in [-0.25, -0.2) is 9.37 Å². The van der Waals surface area contributed by atoms with E-state index in [1.165, 1.54) is 12.1 Å². The number of aromatic nitrogens is 1. The van der Waals surface area contributed by atoms with E-state index in [2.05, 4.69) is 9.88 Å². The molecule has 134 valence electrons. The third-order valence-electron chi connectivity index (χ3n) is 4.22. The van der Waals surface area contributed by atoms with Gasteiger partial charge in [-0.05, 0) is 61.1 Å². The zero-order valence-corrected chi connectivity index (χ0v) is 15.7. The second-order valence-electron chi connectivity index (χ2n) is 6.25. The van der Waals surface area contributed by atoms with E-state index in [1.54, 1.807) is 25.4 Å². The molecule has 3 rings (SSSR count). The van der Waals surface area contributed by atoms with Crippen molar-refractivity contribution < 1.29 is 9.13 Å². The van der Waals surface area contributed by atoms with Gasteiger partial charge in [0.15, 0.2) is 0 Å². The number of rotatable bonds is 5. The van der Waals surface area contributed by atoms with Crippen LogP contribution in [0.5, 0.6) is 5.88 Å². The molecule has 5 heteroatoms. The van der Waals surface area contributed by atoms with Crippen LogP contribution in [0.25, 0.3) is 11.1 Å². The zero-order chi connectivity index (χ0) is 18.7. The summed E-state index contributed by atoms with van der Waals surface area (Å²) < 4.78 is 18.8. The van der Waals surface area contributed by atoms with Crippen molar-refractivity contribution in [2.45, 2.75) is 6.04 Å². The maximum Gasteiger partial charge on any atom is 0.221 e. The van der Waals surface area contributed by atoms with E-state index in [0.29, 0.717) is 10.9 Å². The van der Waals surface area contributed by atoms with Crippen LogP contribution in [0.1, 0.15) is 17.2 Å². The van der Waals surface area contributed by atoms with Crippen molar-refractivity contribution in [1.29, 1.82) is 0 Å². The lowest BCUT2D eigenvalue weighted by Crippen LogP contribution is -2.21. The van der Waals surface area contributed by atoms with Crippen LogP contribution in [-0.4, -0.2) is 31.1 Å². The molecule has 3 aromatic rings. The van der Waals surface area contributed by atoms with Gasteiger partial charge in [0.1, 0.15) is 5.82 Å². The maximum atomic E-state index is 13.3. The van der Waals surface area contributed by atoms with Crippen LogP contribution in [0.3, 0.4) is 0 Å². The Morgan fingerprint density at radius 2 is 1.77 bits per heavy atom. The van der Waals surface area contributed by atoms with Gasteiger partial charge in [-0.2, -0.15) is 0 Å². The van der Waals surface area contributed by atoms with Gasteiger partial charge in [-0.3, -0.25) is 4.90 Å². The van der Waals surface area contributed by atoms with Crippen molar-refractivity contribution in [3.8, 4) is 17.0 Å². The zero-order valence-electron chi connectivity index (χ0n) is 14.9. The molecule has 0 amide bonds. The first-order valence-corrected chi connectivity index (χ1v) is 8.59. The molecule has 0 fully saturated rings. The van der Waals surface area contributed by atoms with Gasteiger partial charge in [0, 0.05) is 16.8 Å². The lowest BCUT2D eigenvalue weighted by atomic mass is 9.96. The predicted octanol–water partition coefficient (Wildman–Crippen LogP) is 5.20. The topological polar surface area (TPSA) is 25.4 Å². The second-order valence-corrected chi connectivity index (χ2v) is 6.69. The molecule has 0 saturated carbocycles. The second kappa shape index (κ2) is 7.85. The van der Waals surface area contributed by atoms with Crippen LogP contribution in [0.4, 0.5) is 4.39 Å². The number of benzene rings is 2. The fourth-order valence-electron chi connectivity index (χ4n) is 3.08. The van der Waals surface area contributed by atoms with Crippen LogP contribution >= 0.6 is 11.6 Å². The first-order chi connectivity index (χ1) is 12.5. The van der Waals surface area contributed by atoms with Crippen molar-refractivity contribution in [1.82, 2.24) is 9.88 Å². The standard InChI is InChI=1S/C21H20ClFN2O/c1-25(2)20(14-7-9-18(23)10-8-14)16-12-19(21(26-3)24-13-16)15-5-4-6-17(22)11-15/h4-13,20H,1-3H3. The lowest BCUT2D eigenvalue weighted by Gasteiger charge is -2.26. The number of hydrogen-bond donors (Lipinski definition) is 0. The Hall–Kier alpha value is -2.43. The van der Waals surface area contributed by atoms with Crippen LogP contribution in [0.15, 0.2) is 60.8 Å². The quantitative estimate of drug-likeness (QED) is 0.617. The summed E-state index contributed by atoms with van der Waals surface area (Å²) in [6.45, 7) is 0. The molecule has 0 saturated heterocycles. The van der Waals surface area contributed by atoms with Crippen LogP contribution < -0.4 is 4.74 Å². The molecule has 3 nitrogen and oxygen atoms in total. The highest BCUT2D eigenvalue weighted by molar-refractivity contribution is 6.30. The van der Waals surface area contributed by atoms with E-state index < -0.39 is 0 Å². The minimum atomic E-state index is -0.251. The minimum absolute atomic E-state index is 0.0630. The summed E-state index contributed by atoms with van der Waals surface area (Å²) in [5.41, 5.74) is 3.76. The number of ether oxygens (including phenoxy) is 1. The fourth-order valence-corrected chi connectivity index (χ4v) is 3.27. The van der Waals surface area contributed by atoms with Crippen molar-refractivity contribution in [3.63, 3.8) is 0 Å². The molecule has 1 aromatic heterocycles. The Kier molecular flexibility index (Phi) is 5.55. The predicted molar refractivity (Wildman–Crippen MR) is 103 cm³/mol. The SMILES string of the molecule is COc1ncc(C(c2ccc(F)cc2)N(C)C)cc1-c1cccc(Cl)c1. The third-order valence-corrected chi connectivity index (χ3v) is 4.45. The lowest BCUT2D eigenvalue weighted by molar-refractivity contribution is 0.340. The molecule has 26 heavy (non-hydrogen) atoms. The van der Waals surface area contributed by atoms with Crippen molar-refractivity contribution in [2.75, 3.05) is 21.2 Å².